The Morgan fingerprint density at radius 3 is 2.85 bits per heavy atom. The lowest BCUT2D eigenvalue weighted by Crippen LogP contribution is -1.93. The quantitative estimate of drug-likeness (QED) is 0.801. The topological polar surface area (TPSA) is 67.5 Å². The summed E-state index contributed by atoms with van der Waals surface area (Å²) in [6.45, 7) is 0. The number of benzene rings is 1. The lowest BCUT2D eigenvalue weighted by molar-refractivity contribution is 0.0665. The SMILES string of the molecule is O=C(O)c1cc2cc(CS(=O)c3cccs3)ccc2o1. The molecular formula is C14H10O4S2. The van der Waals surface area contributed by atoms with Gasteiger partial charge in [-0.1, -0.05) is 12.1 Å². The highest BCUT2D eigenvalue weighted by Crippen LogP contribution is 2.23. The van der Waals surface area contributed by atoms with Crippen LogP contribution in [0.1, 0.15) is 16.1 Å². The number of furan rings is 1. The fourth-order valence-electron chi connectivity index (χ4n) is 1.90. The van der Waals surface area contributed by atoms with Crippen molar-refractivity contribution in [2.24, 2.45) is 0 Å². The summed E-state index contributed by atoms with van der Waals surface area (Å²) >= 11 is 1.47. The highest BCUT2D eigenvalue weighted by molar-refractivity contribution is 7.86. The highest BCUT2D eigenvalue weighted by atomic mass is 32.2. The molecule has 0 radical (unpaired) electrons. The summed E-state index contributed by atoms with van der Waals surface area (Å²) in [5.74, 6) is -0.772. The molecule has 6 heteroatoms. The van der Waals surface area contributed by atoms with Gasteiger partial charge in [0.25, 0.3) is 0 Å². The molecule has 0 saturated heterocycles. The maximum atomic E-state index is 12.1. The third-order valence-corrected chi connectivity index (χ3v) is 5.50. The number of fused-ring (bicyclic) bond motifs is 1. The summed E-state index contributed by atoms with van der Waals surface area (Å²) < 4.78 is 18.2. The predicted octanol–water partition coefficient (Wildman–Crippen LogP) is 3.50. The third kappa shape index (κ3) is 2.52. The van der Waals surface area contributed by atoms with E-state index in [0.717, 1.165) is 9.77 Å². The molecule has 1 N–H and O–H groups in total. The van der Waals surface area contributed by atoms with Crippen LogP contribution in [-0.4, -0.2) is 15.3 Å². The molecule has 3 rings (SSSR count). The minimum atomic E-state index is -1.09. The molecule has 1 aromatic carbocycles. The van der Waals surface area contributed by atoms with E-state index in [1.807, 2.05) is 29.6 Å². The van der Waals surface area contributed by atoms with Crippen molar-refractivity contribution in [1.29, 1.82) is 0 Å². The number of carboxylic acids is 1. The summed E-state index contributed by atoms with van der Waals surface area (Å²) in [5.41, 5.74) is 1.41. The molecule has 20 heavy (non-hydrogen) atoms. The molecule has 102 valence electrons. The normalized spacial score (nSPS) is 12.6. The zero-order chi connectivity index (χ0) is 14.1. The van der Waals surface area contributed by atoms with E-state index < -0.39 is 16.8 Å². The van der Waals surface area contributed by atoms with Gasteiger partial charge in [-0.3, -0.25) is 4.21 Å². The van der Waals surface area contributed by atoms with Gasteiger partial charge in [-0.25, -0.2) is 4.79 Å². The maximum absolute atomic E-state index is 12.1. The molecule has 0 aliphatic carbocycles. The van der Waals surface area contributed by atoms with Crippen LogP contribution in [0.3, 0.4) is 0 Å². The number of thiophene rings is 1. The van der Waals surface area contributed by atoms with Crippen molar-refractivity contribution in [2.45, 2.75) is 9.96 Å². The first-order valence-corrected chi connectivity index (χ1v) is 8.01. The minimum absolute atomic E-state index is 0.0865. The summed E-state index contributed by atoms with van der Waals surface area (Å²) in [7, 11) is -1.08. The second-order valence-electron chi connectivity index (χ2n) is 4.21. The van der Waals surface area contributed by atoms with E-state index in [-0.39, 0.29) is 5.76 Å². The number of carboxylic acid groups (broad SMARTS) is 1. The molecule has 2 aromatic heterocycles. The standard InChI is InChI=1S/C14H10O4S2/c15-14(16)12-7-10-6-9(3-4-11(10)18-12)8-20(17)13-2-1-5-19-13/h1-7H,8H2,(H,15,16). The van der Waals surface area contributed by atoms with Gasteiger partial charge in [0.05, 0.1) is 20.8 Å². The first-order valence-electron chi connectivity index (χ1n) is 5.81. The van der Waals surface area contributed by atoms with Crippen LogP contribution in [0.15, 0.2) is 50.4 Å². The van der Waals surface area contributed by atoms with Crippen LogP contribution in [0.5, 0.6) is 0 Å². The minimum Gasteiger partial charge on any atom is -0.475 e. The molecule has 2 heterocycles. The van der Waals surface area contributed by atoms with Gasteiger partial charge in [0, 0.05) is 5.39 Å². The van der Waals surface area contributed by atoms with E-state index in [2.05, 4.69) is 0 Å². The fourth-order valence-corrected chi connectivity index (χ4v) is 3.98. The van der Waals surface area contributed by atoms with Crippen molar-refractivity contribution in [1.82, 2.24) is 0 Å². The highest BCUT2D eigenvalue weighted by Gasteiger charge is 2.12. The Hall–Kier alpha value is -1.92. The summed E-state index contributed by atoms with van der Waals surface area (Å²) in [6, 6.07) is 10.5. The van der Waals surface area contributed by atoms with Crippen LogP contribution < -0.4 is 0 Å². The van der Waals surface area contributed by atoms with E-state index in [1.165, 1.54) is 17.4 Å². The van der Waals surface area contributed by atoms with Gasteiger partial charge in [-0.2, -0.15) is 0 Å². The largest absolute Gasteiger partial charge is 0.475 e. The van der Waals surface area contributed by atoms with Gasteiger partial charge in [0.1, 0.15) is 5.58 Å². The molecule has 1 atom stereocenters. The van der Waals surface area contributed by atoms with Crippen LogP contribution >= 0.6 is 11.3 Å². The second-order valence-corrected chi connectivity index (χ2v) is 6.84. The average Bonchev–Trinajstić information content (AvgIpc) is 3.07. The molecule has 3 aromatic rings. The Balaban J connectivity index is 1.89. The van der Waals surface area contributed by atoms with E-state index >= 15 is 0 Å². The molecule has 4 nitrogen and oxygen atoms in total. The van der Waals surface area contributed by atoms with Crippen LogP contribution in [0, 0.1) is 0 Å². The molecule has 0 fully saturated rings. The summed E-state index contributed by atoms with van der Waals surface area (Å²) in [5, 5.41) is 11.5. The Morgan fingerprint density at radius 1 is 1.30 bits per heavy atom. The Morgan fingerprint density at radius 2 is 2.15 bits per heavy atom. The van der Waals surface area contributed by atoms with Gasteiger partial charge in [-0.05, 0) is 35.2 Å². The number of hydrogen-bond donors (Lipinski definition) is 1. The Bertz CT molecular complexity index is 787. The van der Waals surface area contributed by atoms with Gasteiger partial charge in [0.15, 0.2) is 0 Å². The zero-order valence-corrected chi connectivity index (χ0v) is 11.9. The Kier molecular flexibility index (Phi) is 3.42. The first kappa shape index (κ1) is 13.1. The van der Waals surface area contributed by atoms with Gasteiger partial charge >= 0.3 is 5.97 Å². The summed E-state index contributed by atoms with van der Waals surface area (Å²) in [4.78, 5) is 10.8. The van der Waals surface area contributed by atoms with Crippen LogP contribution in [0.2, 0.25) is 0 Å². The van der Waals surface area contributed by atoms with Crippen molar-refractivity contribution >= 4 is 39.1 Å². The number of hydrogen-bond acceptors (Lipinski definition) is 4. The van der Waals surface area contributed by atoms with E-state index in [4.69, 9.17) is 9.52 Å². The fraction of sp³-hybridized carbons (Fsp3) is 0.0714. The number of aromatic carboxylic acids is 1. The molecule has 0 saturated carbocycles. The van der Waals surface area contributed by atoms with Crippen LogP contribution in [0.25, 0.3) is 11.0 Å². The average molecular weight is 306 g/mol. The van der Waals surface area contributed by atoms with Crippen molar-refractivity contribution < 1.29 is 18.5 Å². The summed E-state index contributed by atoms with van der Waals surface area (Å²) in [6.07, 6.45) is 0. The van der Waals surface area contributed by atoms with Crippen molar-refractivity contribution in [3.05, 3.63) is 53.1 Å². The lowest BCUT2D eigenvalue weighted by Gasteiger charge is -2.00. The van der Waals surface area contributed by atoms with E-state index in [9.17, 15) is 9.00 Å². The second kappa shape index (κ2) is 5.22. The smallest absolute Gasteiger partial charge is 0.371 e. The third-order valence-electron chi connectivity index (χ3n) is 2.81. The van der Waals surface area contributed by atoms with E-state index in [1.54, 1.807) is 6.07 Å². The predicted molar refractivity (Wildman–Crippen MR) is 77.6 cm³/mol. The molecule has 0 amide bonds. The van der Waals surface area contributed by atoms with Gasteiger partial charge in [-0.15, -0.1) is 11.3 Å². The first-order chi connectivity index (χ1) is 9.63. The monoisotopic (exact) mass is 306 g/mol. The maximum Gasteiger partial charge on any atom is 0.371 e. The zero-order valence-electron chi connectivity index (χ0n) is 10.2. The number of rotatable bonds is 4. The van der Waals surface area contributed by atoms with Crippen LogP contribution in [0.4, 0.5) is 0 Å². The molecule has 0 aliphatic heterocycles. The van der Waals surface area contributed by atoms with Crippen molar-refractivity contribution in [3.8, 4) is 0 Å². The van der Waals surface area contributed by atoms with Crippen LogP contribution in [-0.2, 0) is 16.6 Å². The van der Waals surface area contributed by atoms with Gasteiger partial charge in [0.2, 0.25) is 5.76 Å². The van der Waals surface area contributed by atoms with E-state index in [0.29, 0.717) is 16.7 Å². The van der Waals surface area contributed by atoms with Gasteiger partial charge < -0.3 is 9.52 Å². The van der Waals surface area contributed by atoms with Crippen molar-refractivity contribution in [2.75, 3.05) is 0 Å². The lowest BCUT2D eigenvalue weighted by atomic mass is 10.2. The molecule has 0 spiro atoms. The molecule has 0 aliphatic rings. The number of carbonyl (C=O) groups is 1. The molecule has 0 bridgehead atoms. The van der Waals surface area contributed by atoms with Crippen molar-refractivity contribution in [3.63, 3.8) is 0 Å². The molecule has 1 unspecified atom stereocenters. The molecular weight excluding hydrogens is 296 g/mol. The Labute approximate surface area is 121 Å².